The first-order valence-electron chi connectivity index (χ1n) is 5.94. The number of benzene rings is 2. The van der Waals surface area contributed by atoms with Gasteiger partial charge in [-0.15, -0.1) is 5.10 Å². The molecule has 0 saturated carbocycles. The van der Waals surface area contributed by atoms with Crippen LogP contribution in [0, 0.1) is 0 Å². The van der Waals surface area contributed by atoms with Crippen molar-refractivity contribution in [2.45, 2.75) is 11.9 Å². The number of fused-ring (bicyclic) bond motifs is 1. The van der Waals surface area contributed by atoms with Gasteiger partial charge < -0.3 is 4.84 Å². The summed E-state index contributed by atoms with van der Waals surface area (Å²) < 4.78 is 0. The monoisotopic (exact) mass is 317 g/mol. The molecular formula is C14H12BrN3O. The minimum absolute atomic E-state index is 0.472. The molecule has 0 spiro atoms. The smallest absolute Gasteiger partial charge is 0.142 e. The van der Waals surface area contributed by atoms with Gasteiger partial charge in [0.15, 0.2) is 0 Å². The lowest BCUT2D eigenvalue weighted by molar-refractivity contribution is 0.0752. The molecule has 0 saturated heterocycles. The molecule has 0 amide bonds. The van der Waals surface area contributed by atoms with Crippen LogP contribution < -0.4 is 4.84 Å². The third kappa shape index (κ3) is 2.61. The summed E-state index contributed by atoms with van der Waals surface area (Å²) in [6, 6.07) is 16.0. The Morgan fingerprint density at radius 2 is 1.89 bits per heavy atom. The molecule has 0 aliphatic rings. The number of hydrogen-bond acceptors (Lipinski definition) is 3. The van der Waals surface area contributed by atoms with E-state index < -0.39 is 0 Å². The highest BCUT2D eigenvalue weighted by Crippen LogP contribution is 2.15. The summed E-state index contributed by atoms with van der Waals surface area (Å²) in [7, 11) is 0. The van der Waals surface area contributed by atoms with Crippen molar-refractivity contribution in [1.82, 2.24) is 15.2 Å². The molecule has 0 radical (unpaired) electrons. The molecule has 96 valence electrons. The van der Waals surface area contributed by atoms with Gasteiger partial charge in [0.1, 0.15) is 17.6 Å². The van der Waals surface area contributed by atoms with E-state index in [2.05, 4.69) is 26.2 Å². The van der Waals surface area contributed by atoms with Gasteiger partial charge in [0.2, 0.25) is 0 Å². The van der Waals surface area contributed by atoms with Gasteiger partial charge >= 0.3 is 0 Å². The minimum Gasteiger partial charge on any atom is -0.390 e. The van der Waals surface area contributed by atoms with E-state index in [4.69, 9.17) is 4.84 Å². The molecule has 4 nitrogen and oxygen atoms in total. The van der Waals surface area contributed by atoms with Crippen molar-refractivity contribution in [2.75, 3.05) is 0 Å². The molecule has 5 heteroatoms. The Morgan fingerprint density at radius 3 is 2.68 bits per heavy atom. The van der Waals surface area contributed by atoms with Gasteiger partial charge in [0.05, 0.1) is 0 Å². The maximum absolute atomic E-state index is 5.65. The Kier molecular flexibility index (Phi) is 3.46. The van der Waals surface area contributed by atoms with Crippen LogP contribution in [0.1, 0.15) is 11.1 Å². The average molecular weight is 318 g/mol. The quantitative estimate of drug-likeness (QED) is 0.695. The highest BCUT2D eigenvalue weighted by atomic mass is 79.9. The van der Waals surface area contributed by atoms with Crippen molar-refractivity contribution in [1.29, 1.82) is 0 Å². The Labute approximate surface area is 119 Å². The Bertz CT molecular complexity index is 681. The van der Waals surface area contributed by atoms with Crippen molar-refractivity contribution in [2.24, 2.45) is 0 Å². The van der Waals surface area contributed by atoms with Crippen molar-refractivity contribution in [3.05, 3.63) is 59.7 Å². The first-order chi connectivity index (χ1) is 9.36. The third-order valence-corrected chi connectivity index (χ3v) is 3.48. The highest BCUT2D eigenvalue weighted by Gasteiger charge is 2.06. The van der Waals surface area contributed by atoms with E-state index in [0.717, 1.165) is 21.9 Å². The number of rotatable bonds is 4. The summed E-state index contributed by atoms with van der Waals surface area (Å²) in [6.07, 6.45) is 0. The SMILES string of the molecule is BrCc1ccc2c(c1)nnn2OCc1ccccc1. The topological polar surface area (TPSA) is 39.9 Å². The summed E-state index contributed by atoms with van der Waals surface area (Å²) in [4.78, 5) is 7.12. The zero-order valence-corrected chi connectivity index (χ0v) is 11.7. The van der Waals surface area contributed by atoms with Crippen LogP contribution in [-0.4, -0.2) is 15.2 Å². The van der Waals surface area contributed by atoms with Crippen LogP contribution in [0.15, 0.2) is 48.5 Å². The van der Waals surface area contributed by atoms with E-state index in [9.17, 15) is 0 Å². The van der Waals surface area contributed by atoms with Crippen molar-refractivity contribution < 1.29 is 4.84 Å². The molecule has 0 N–H and O–H groups in total. The van der Waals surface area contributed by atoms with Crippen LogP contribution in [0.3, 0.4) is 0 Å². The largest absolute Gasteiger partial charge is 0.390 e. The molecule has 0 fully saturated rings. The molecule has 0 bridgehead atoms. The second-order valence-electron chi connectivity index (χ2n) is 4.18. The molecule has 3 rings (SSSR count). The number of aromatic nitrogens is 3. The molecule has 0 unspecified atom stereocenters. The van der Waals surface area contributed by atoms with E-state index in [0.29, 0.717) is 6.61 Å². The van der Waals surface area contributed by atoms with Gasteiger partial charge in [-0.05, 0) is 28.5 Å². The Morgan fingerprint density at radius 1 is 1.05 bits per heavy atom. The maximum Gasteiger partial charge on any atom is 0.142 e. The predicted octanol–water partition coefficient (Wildman–Crippen LogP) is 2.96. The predicted molar refractivity (Wildman–Crippen MR) is 76.9 cm³/mol. The van der Waals surface area contributed by atoms with Crippen LogP contribution in [0.5, 0.6) is 0 Å². The van der Waals surface area contributed by atoms with Crippen LogP contribution in [-0.2, 0) is 11.9 Å². The average Bonchev–Trinajstić information content (AvgIpc) is 2.88. The van der Waals surface area contributed by atoms with Gasteiger partial charge in [-0.1, -0.05) is 57.2 Å². The summed E-state index contributed by atoms with van der Waals surface area (Å²) in [5.41, 5.74) is 3.98. The minimum atomic E-state index is 0.472. The van der Waals surface area contributed by atoms with Gasteiger partial charge in [-0.25, -0.2) is 0 Å². The summed E-state index contributed by atoms with van der Waals surface area (Å²) in [5, 5.41) is 8.93. The number of alkyl halides is 1. The Hall–Kier alpha value is -1.88. The van der Waals surface area contributed by atoms with Gasteiger partial charge in [-0.2, -0.15) is 0 Å². The molecule has 1 aromatic heterocycles. The second kappa shape index (κ2) is 5.40. The molecule has 19 heavy (non-hydrogen) atoms. The fraction of sp³-hybridized carbons (Fsp3) is 0.143. The van der Waals surface area contributed by atoms with Crippen molar-refractivity contribution >= 4 is 27.0 Å². The summed E-state index contributed by atoms with van der Waals surface area (Å²) in [5.74, 6) is 0. The van der Waals surface area contributed by atoms with Crippen molar-refractivity contribution in [3.8, 4) is 0 Å². The third-order valence-electron chi connectivity index (χ3n) is 2.83. The highest BCUT2D eigenvalue weighted by molar-refractivity contribution is 9.08. The molecule has 0 aliphatic carbocycles. The van der Waals surface area contributed by atoms with E-state index in [1.165, 1.54) is 10.4 Å². The zero-order chi connectivity index (χ0) is 13.1. The molecule has 1 heterocycles. The van der Waals surface area contributed by atoms with Crippen molar-refractivity contribution in [3.63, 3.8) is 0 Å². The lowest BCUT2D eigenvalue weighted by Gasteiger charge is -2.05. The first kappa shape index (κ1) is 12.2. The van der Waals surface area contributed by atoms with Crippen LogP contribution in [0.25, 0.3) is 11.0 Å². The van der Waals surface area contributed by atoms with Crippen LogP contribution in [0.4, 0.5) is 0 Å². The van der Waals surface area contributed by atoms with Gasteiger partial charge in [0, 0.05) is 5.33 Å². The van der Waals surface area contributed by atoms with E-state index in [-0.39, 0.29) is 0 Å². The number of nitrogens with zero attached hydrogens (tertiary/aromatic N) is 3. The van der Waals surface area contributed by atoms with Crippen LogP contribution in [0.2, 0.25) is 0 Å². The molecular weight excluding hydrogens is 306 g/mol. The van der Waals surface area contributed by atoms with Gasteiger partial charge in [-0.3, -0.25) is 0 Å². The number of hydrogen-bond donors (Lipinski definition) is 0. The second-order valence-corrected chi connectivity index (χ2v) is 4.74. The fourth-order valence-corrected chi connectivity index (χ4v) is 2.19. The zero-order valence-electron chi connectivity index (χ0n) is 10.2. The first-order valence-corrected chi connectivity index (χ1v) is 7.06. The molecule has 2 aromatic carbocycles. The molecule has 0 atom stereocenters. The standard InChI is InChI=1S/C14H12BrN3O/c15-9-12-6-7-14-13(8-12)16-17-18(14)19-10-11-4-2-1-3-5-11/h1-8H,9-10H2. The fourth-order valence-electron chi connectivity index (χ4n) is 1.84. The van der Waals surface area contributed by atoms with Gasteiger partial charge in [0.25, 0.3) is 0 Å². The van der Waals surface area contributed by atoms with E-state index in [1.54, 1.807) is 0 Å². The number of halogens is 1. The van der Waals surface area contributed by atoms with E-state index >= 15 is 0 Å². The Balaban J connectivity index is 1.82. The summed E-state index contributed by atoms with van der Waals surface area (Å²) >= 11 is 3.43. The van der Waals surface area contributed by atoms with E-state index in [1.807, 2.05) is 48.5 Å². The molecule has 0 aliphatic heterocycles. The maximum atomic E-state index is 5.65. The lowest BCUT2D eigenvalue weighted by atomic mass is 10.2. The summed E-state index contributed by atoms with van der Waals surface area (Å²) in [6.45, 7) is 0.472. The lowest BCUT2D eigenvalue weighted by Crippen LogP contribution is -2.12. The normalized spacial score (nSPS) is 10.8. The molecule has 3 aromatic rings. The van der Waals surface area contributed by atoms with Crippen LogP contribution >= 0.6 is 15.9 Å².